The molecule has 78 valence electrons. The molecular formula is C14H17N. The highest BCUT2D eigenvalue weighted by atomic mass is 15.0. The molecule has 3 rings (SSSR count). The molecule has 0 N–H and O–H groups in total. The number of fused-ring (bicyclic) bond motifs is 3. The van der Waals surface area contributed by atoms with Crippen LogP contribution >= 0.6 is 0 Å². The van der Waals surface area contributed by atoms with Crippen molar-refractivity contribution in [1.82, 2.24) is 4.57 Å². The molecule has 0 bridgehead atoms. The summed E-state index contributed by atoms with van der Waals surface area (Å²) in [5.41, 5.74) is 9.16. The quantitative estimate of drug-likeness (QED) is 0.653. The van der Waals surface area contributed by atoms with Gasteiger partial charge in [-0.3, -0.25) is 0 Å². The second kappa shape index (κ2) is 2.88. The maximum Gasteiger partial charge on any atom is 0.0449 e. The number of nitrogens with zero attached hydrogens (tertiary/aromatic N) is 1. The molecule has 1 aromatic heterocycles. The van der Waals surface area contributed by atoms with E-state index in [0.29, 0.717) is 0 Å². The smallest absolute Gasteiger partial charge is 0.0449 e. The fraction of sp³-hybridized carbons (Fsp3) is 0.429. The topological polar surface area (TPSA) is 4.93 Å². The zero-order valence-electron chi connectivity index (χ0n) is 9.72. The van der Waals surface area contributed by atoms with E-state index in [1.54, 1.807) is 11.1 Å². The Balaban J connectivity index is 2.25. The van der Waals surface area contributed by atoms with Crippen LogP contribution in [-0.4, -0.2) is 4.57 Å². The van der Waals surface area contributed by atoms with Gasteiger partial charge in [0.1, 0.15) is 0 Å². The average molecular weight is 199 g/mol. The van der Waals surface area contributed by atoms with Crippen LogP contribution in [0.25, 0.3) is 12.2 Å². The van der Waals surface area contributed by atoms with Gasteiger partial charge in [-0.25, -0.2) is 0 Å². The van der Waals surface area contributed by atoms with Gasteiger partial charge in [0.05, 0.1) is 0 Å². The Bertz CT molecular complexity index is 454. The second-order valence-corrected chi connectivity index (χ2v) is 4.81. The van der Waals surface area contributed by atoms with Crippen molar-refractivity contribution in [2.24, 2.45) is 0 Å². The van der Waals surface area contributed by atoms with E-state index in [9.17, 15) is 0 Å². The number of hydrogen-bond donors (Lipinski definition) is 0. The summed E-state index contributed by atoms with van der Waals surface area (Å²) in [7, 11) is 0. The maximum atomic E-state index is 2.47. The van der Waals surface area contributed by atoms with E-state index >= 15 is 0 Å². The molecule has 0 atom stereocenters. The Kier molecular flexibility index (Phi) is 1.73. The van der Waals surface area contributed by atoms with Gasteiger partial charge >= 0.3 is 0 Å². The molecule has 15 heavy (non-hydrogen) atoms. The highest BCUT2D eigenvalue weighted by molar-refractivity contribution is 5.73. The third-order valence-electron chi connectivity index (χ3n) is 3.56. The van der Waals surface area contributed by atoms with Crippen molar-refractivity contribution in [3.05, 3.63) is 33.7 Å². The maximum absolute atomic E-state index is 2.47. The third kappa shape index (κ3) is 1.09. The van der Waals surface area contributed by atoms with E-state index in [1.165, 1.54) is 35.4 Å². The Labute approximate surface area is 91.1 Å². The van der Waals surface area contributed by atoms with Crippen molar-refractivity contribution in [3.63, 3.8) is 0 Å². The Hall–Kier alpha value is -1.24. The Morgan fingerprint density at radius 1 is 1.00 bits per heavy atom. The fourth-order valence-electron chi connectivity index (χ4n) is 2.96. The first-order valence-corrected chi connectivity index (χ1v) is 5.79. The van der Waals surface area contributed by atoms with Crippen molar-refractivity contribution >= 4 is 12.2 Å². The number of aromatic nitrogens is 1. The van der Waals surface area contributed by atoms with Gasteiger partial charge in [-0.1, -0.05) is 11.1 Å². The molecular weight excluding hydrogens is 182 g/mol. The van der Waals surface area contributed by atoms with Crippen LogP contribution in [0.4, 0.5) is 0 Å². The SMILES string of the molecule is CCn1c2c(c3c1C=C(C)C3)CC(C)=C2. The van der Waals surface area contributed by atoms with E-state index < -0.39 is 0 Å². The van der Waals surface area contributed by atoms with Crippen molar-refractivity contribution < 1.29 is 0 Å². The largest absolute Gasteiger partial charge is 0.341 e. The number of rotatable bonds is 1. The second-order valence-electron chi connectivity index (χ2n) is 4.81. The van der Waals surface area contributed by atoms with Gasteiger partial charge in [0, 0.05) is 17.9 Å². The van der Waals surface area contributed by atoms with E-state index in [-0.39, 0.29) is 0 Å². The molecule has 0 radical (unpaired) electrons. The fourth-order valence-corrected chi connectivity index (χ4v) is 2.96. The highest BCUT2D eigenvalue weighted by Crippen LogP contribution is 2.38. The molecule has 1 heteroatoms. The van der Waals surface area contributed by atoms with Gasteiger partial charge in [0.15, 0.2) is 0 Å². The summed E-state index contributed by atoms with van der Waals surface area (Å²) in [6.45, 7) is 7.80. The van der Waals surface area contributed by atoms with Crippen LogP contribution < -0.4 is 0 Å². The van der Waals surface area contributed by atoms with Crippen LogP contribution in [0.3, 0.4) is 0 Å². The molecule has 0 fully saturated rings. The molecule has 0 saturated heterocycles. The molecule has 2 aliphatic rings. The van der Waals surface area contributed by atoms with Crippen molar-refractivity contribution in [2.45, 2.75) is 40.2 Å². The first-order valence-electron chi connectivity index (χ1n) is 5.79. The van der Waals surface area contributed by atoms with Gasteiger partial charge in [-0.15, -0.1) is 0 Å². The van der Waals surface area contributed by atoms with Crippen molar-refractivity contribution in [1.29, 1.82) is 0 Å². The number of allylic oxidation sites excluding steroid dienone is 2. The molecule has 0 aromatic carbocycles. The van der Waals surface area contributed by atoms with E-state index in [1.807, 2.05) is 0 Å². The van der Waals surface area contributed by atoms with Gasteiger partial charge in [-0.05, 0) is 56.9 Å². The summed E-state index contributed by atoms with van der Waals surface area (Å²) in [4.78, 5) is 0. The Morgan fingerprint density at radius 2 is 1.47 bits per heavy atom. The predicted molar refractivity (Wildman–Crippen MR) is 64.8 cm³/mol. The van der Waals surface area contributed by atoms with Gasteiger partial charge in [-0.2, -0.15) is 0 Å². The minimum atomic E-state index is 1.09. The molecule has 0 aliphatic heterocycles. The molecule has 0 unspecified atom stereocenters. The summed E-state index contributed by atoms with van der Waals surface area (Å²) < 4.78 is 2.47. The first-order chi connectivity index (χ1) is 7.20. The predicted octanol–water partition coefficient (Wildman–Crippen LogP) is 3.43. The lowest BCUT2D eigenvalue weighted by Gasteiger charge is -2.04. The summed E-state index contributed by atoms with van der Waals surface area (Å²) >= 11 is 0. The molecule has 1 heterocycles. The zero-order valence-corrected chi connectivity index (χ0v) is 9.72. The summed E-state index contributed by atoms with van der Waals surface area (Å²) in [6, 6.07) is 0. The van der Waals surface area contributed by atoms with Crippen LogP contribution in [0.1, 0.15) is 43.3 Å². The lowest BCUT2D eigenvalue weighted by molar-refractivity contribution is 0.753. The van der Waals surface area contributed by atoms with Crippen molar-refractivity contribution in [2.75, 3.05) is 0 Å². The summed E-state index contributed by atoms with van der Waals surface area (Å²) in [5, 5.41) is 0. The minimum absolute atomic E-state index is 1.09. The van der Waals surface area contributed by atoms with Gasteiger partial charge < -0.3 is 4.57 Å². The molecule has 2 aliphatic carbocycles. The lowest BCUT2D eigenvalue weighted by Crippen LogP contribution is -1.98. The van der Waals surface area contributed by atoms with Gasteiger partial charge in [0.2, 0.25) is 0 Å². The van der Waals surface area contributed by atoms with Crippen LogP contribution in [0.2, 0.25) is 0 Å². The van der Waals surface area contributed by atoms with Crippen LogP contribution in [0.5, 0.6) is 0 Å². The van der Waals surface area contributed by atoms with Gasteiger partial charge in [0.25, 0.3) is 0 Å². The van der Waals surface area contributed by atoms with E-state index in [2.05, 4.69) is 37.5 Å². The van der Waals surface area contributed by atoms with Crippen LogP contribution in [-0.2, 0) is 19.4 Å². The summed E-state index contributed by atoms with van der Waals surface area (Å²) in [6.07, 6.45) is 7.07. The van der Waals surface area contributed by atoms with E-state index in [0.717, 1.165) is 6.54 Å². The molecule has 0 saturated carbocycles. The first kappa shape index (κ1) is 9.02. The monoisotopic (exact) mass is 199 g/mol. The molecule has 0 spiro atoms. The normalized spacial score (nSPS) is 17.5. The minimum Gasteiger partial charge on any atom is -0.341 e. The molecule has 1 nitrogen and oxygen atoms in total. The highest BCUT2D eigenvalue weighted by Gasteiger charge is 2.26. The van der Waals surface area contributed by atoms with E-state index in [4.69, 9.17) is 0 Å². The summed E-state index contributed by atoms with van der Waals surface area (Å²) in [5.74, 6) is 0. The lowest BCUT2D eigenvalue weighted by atomic mass is 10.1. The number of hydrogen-bond acceptors (Lipinski definition) is 0. The standard InChI is InChI=1S/C14H17N/c1-4-15-13-7-9(2)5-11(13)12-6-10(3)8-14(12)15/h7-8H,4-6H2,1-3H3. The molecule has 1 aromatic rings. The van der Waals surface area contributed by atoms with Crippen molar-refractivity contribution in [3.8, 4) is 0 Å². The Morgan fingerprint density at radius 3 is 1.87 bits per heavy atom. The molecule has 0 amide bonds. The third-order valence-corrected chi connectivity index (χ3v) is 3.56. The van der Waals surface area contributed by atoms with Crippen LogP contribution in [0.15, 0.2) is 11.1 Å². The zero-order chi connectivity index (χ0) is 10.6. The average Bonchev–Trinajstić information content (AvgIpc) is 2.76. The van der Waals surface area contributed by atoms with Crippen LogP contribution in [0, 0.1) is 0 Å².